The van der Waals surface area contributed by atoms with Crippen molar-refractivity contribution in [3.8, 4) is 17.6 Å². The number of aryl methyl sites for hydroxylation is 1. The van der Waals surface area contributed by atoms with Gasteiger partial charge in [-0.1, -0.05) is 6.07 Å². The highest BCUT2D eigenvalue weighted by Crippen LogP contribution is 2.41. The van der Waals surface area contributed by atoms with E-state index in [-0.39, 0.29) is 29.6 Å². The van der Waals surface area contributed by atoms with Gasteiger partial charge in [-0.2, -0.15) is 14.0 Å². The van der Waals surface area contributed by atoms with Crippen LogP contribution in [0.5, 0.6) is 11.5 Å². The van der Waals surface area contributed by atoms with Gasteiger partial charge >= 0.3 is 6.61 Å². The lowest BCUT2D eigenvalue weighted by molar-refractivity contribution is -0.0520. The molecule has 1 atom stereocenters. The topological polar surface area (TPSA) is 90.9 Å². The number of aromatic nitrogens is 2. The SMILES string of the molecule is N#CC1(c2ccc(OC(F)F)c(OC3CCCC3)c2)CCc2[nH][nH]c(=O)c2C1. The Balaban J connectivity index is 1.71. The molecule has 1 fully saturated rings. The van der Waals surface area contributed by atoms with Crippen molar-refractivity contribution < 1.29 is 18.3 Å². The number of benzene rings is 1. The lowest BCUT2D eigenvalue weighted by atomic mass is 9.70. The van der Waals surface area contributed by atoms with E-state index in [9.17, 15) is 18.8 Å². The number of fused-ring (bicyclic) bond motifs is 1. The summed E-state index contributed by atoms with van der Waals surface area (Å²) in [5.74, 6) is 0.197. The normalized spacial score (nSPS) is 22.1. The molecule has 0 spiro atoms. The first-order valence-corrected chi connectivity index (χ1v) is 9.46. The van der Waals surface area contributed by atoms with Gasteiger partial charge in [0.2, 0.25) is 0 Å². The fraction of sp³-hybridized carbons (Fsp3) is 0.500. The molecule has 0 aliphatic heterocycles. The second-order valence-corrected chi connectivity index (χ2v) is 7.47. The average Bonchev–Trinajstić information content (AvgIpc) is 3.32. The number of aromatic amines is 2. The number of hydrogen-bond donors (Lipinski definition) is 2. The van der Waals surface area contributed by atoms with E-state index in [0.717, 1.165) is 31.4 Å². The summed E-state index contributed by atoms with van der Waals surface area (Å²) in [5, 5.41) is 15.4. The summed E-state index contributed by atoms with van der Waals surface area (Å²) in [7, 11) is 0. The fourth-order valence-electron chi connectivity index (χ4n) is 4.23. The first kappa shape index (κ1) is 18.5. The third kappa shape index (κ3) is 3.37. The summed E-state index contributed by atoms with van der Waals surface area (Å²) in [5.41, 5.74) is 0.888. The standard InChI is InChI=1S/C20H21F2N3O3/c21-19(22)28-16-6-5-12(9-17(16)27-13-3-1-2-4-13)20(11-23)8-7-15-14(10-20)18(26)25-24-15/h5-6,9,13,19H,1-4,7-8,10H2,(H2,24,25,26). The van der Waals surface area contributed by atoms with E-state index in [4.69, 9.17) is 4.74 Å². The number of nitriles is 1. The van der Waals surface area contributed by atoms with Crippen molar-refractivity contribution >= 4 is 0 Å². The zero-order valence-corrected chi connectivity index (χ0v) is 15.3. The van der Waals surface area contributed by atoms with Crippen molar-refractivity contribution in [2.24, 2.45) is 0 Å². The summed E-state index contributed by atoms with van der Waals surface area (Å²) in [6.45, 7) is -2.96. The number of nitrogens with one attached hydrogen (secondary N) is 2. The molecular weight excluding hydrogens is 368 g/mol. The average molecular weight is 389 g/mol. The molecule has 6 nitrogen and oxygen atoms in total. The minimum absolute atomic E-state index is 0.0327. The Morgan fingerprint density at radius 1 is 1.21 bits per heavy atom. The fourth-order valence-corrected chi connectivity index (χ4v) is 4.23. The van der Waals surface area contributed by atoms with Crippen molar-refractivity contribution in [1.82, 2.24) is 10.2 Å². The Morgan fingerprint density at radius 3 is 2.71 bits per heavy atom. The van der Waals surface area contributed by atoms with Gasteiger partial charge in [0.25, 0.3) is 5.56 Å². The zero-order chi connectivity index (χ0) is 19.7. The molecular formula is C20H21F2N3O3. The van der Waals surface area contributed by atoms with Gasteiger partial charge in [-0.3, -0.25) is 9.89 Å². The smallest absolute Gasteiger partial charge is 0.387 e. The maximum absolute atomic E-state index is 12.8. The van der Waals surface area contributed by atoms with Crippen molar-refractivity contribution in [1.29, 1.82) is 5.26 Å². The lowest BCUT2D eigenvalue weighted by Crippen LogP contribution is -2.34. The molecule has 1 aromatic heterocycles. The summed E-state index contributed by atoms with van der Waals surface area (Å²) in [6.07, 6.45) is 5.09. The first-order valence-electron chi connectivity index (χ1n) is 9.46. The van der Waals surface area contributed by atoms with Crippen LogP contribution in [0.1, 0.15) is 48.9 Å². The molecule has 2 aliphatic rings. The Morgan fingerprint density at radius 2 is 2.00 bits per heavy atom. The molecule has 28 heavy (non-hydrogen) atoms. The van der Waals surface area contributed by atoms with Gasteiger partial charge in [0.1, 0.15) is 0 Å². The van der Waals surface area contributed by atoms with Gasteiger partial charge in [0.05, 0.1) is 17.6 Å². The molecule has 8 heteroatoms. The molecule has 0 bridgehead atoms. The summed E-state index contributed by atoms with van der Waals surface area (Å²) in [4.78, 5) is 12.0. The quantitative estimate of drug-likeness (QED) is 0.818. The third-order valence-electron chi connectivity index (χ3n) is 5.77. The minimum Gasteiger partial charge on any atom is -0.487 e. The summed E-state index contributed by atoms with van der Waals surface area (Å²) >= 11 is 0. The molecule has 4 rings (SSSR count). The number of rotatable bonds is 5. The van der Waals surface area contributed by atoms with E-state index in [0.29, 0.717) is 24.0 Å². The molecule has 0 radical (unpaired) electrons. The molecule has 148 valence electrons. The molecule has 1 unspecified atom stereocenters. The van der Waals surface area contributed by atoms with Gasteiger partial charge < -0.3 is 14.6 Å². The second kappa shape index (κ2) is 7.30. The van der Waals surface area contributed by atoms with Crippen molar-refractivity contribution in [3.63, 3.8) is 0 Å². The summed E-state index contributed by atoms with van der Waals surface area (Å²) < 4.78 is 36.2. The molecule has 2 aliphatic carbocycles. The minimum atomic E-state index is -2.96. The van der Waals surface area contributed by atoms with Crippen LogP contribution in [0, 0.1) is 11.3 Å². The van der Waals surface area contributed by atoms with Crippen molar-refractivity contribution in [3.05, 3.63) is 45.4 Å². The molecule has 1 aromatic carbocycles. The number of ether oxygens (including phenoxy) is 2. The van der Waals surface area contributed by atoms with Crippen LogP contribution in [0.4, 0.5) is 8.78 Å². The first-order chi connectivity index (χ1) is 13.5. The highest BCUT2D eigenvalue weighted by molar-refractivity contribution is 5.49. The third-order valence-corrected chi connectivity index (χ3v) is 5.77. The number of halogens is 2. The Bertz CT molecular complexity index is 956. The maximum atomic E-state index is 12.8. The Labute approximate surface area is 160 Å². The van der Waals surface area contributed by atoms with E-state index < -0.39 is 12.0 Å². The van der Waals surface area contributed by atoms with Crippen LogP contribution < -0.4 is 15.0 Å². The van der Waals surface area contributed by atoms with Crippen LogP contribution in [0.15, 0.2) is 23.0 Å². The predicted molar refractivity (Wildman–Crippen MR) is 96.7 cm³/mol. The van der Waals surface area contributed by atoms with Gasteiger partial charge in [-0.25, -0.2) is 0 Å². The van der Waals surface area contributed by atoms with Crippen LogP contribution in [0.25, 0.3) is 0 Å². The van der Waals surface area contributed by atoms with E-state index >= 15 is 0 Å². The highest BCUT2D eigenvalue weighted by atomic mass is 19.3. The number of nitrogens with zero attached hydrogens (tertiary/aromatic N) is 1. The summed E-state index contributed by atoms with van der Waals surface area (Å²) in [6, 6.07) is 7.04. The van der Waals surface area contributed by atoms with Gasteiger partial charge in [-0.05, 0) is 56.2 Å². The van der Waals surface area contributed by atoms with Gasteiger partial charge in [0, 0.05) is 17.7 Å². The van der Waals surface area contributed by atoms with Crippen LogP contribution in [0.3, 0.4) is 0 Å². The monoisotopic (exact) mass is 389 g/mol. The second-order valence-electron chi connectivity index (χ2n) is 7.47. The van der Waals surface area contributed by atoms with Gasteiger partial charge in [0.15, 0.2) is 11.5 Å². The lowest BCUT2D eigenvalue weighted by Gasteiger charge is -2.31. The van der Waals surface area contributed by atoms with Crippen LogP contribution in [-0.4, -0.2) is 22.9 Å². The maximum Gasteiger partial charge on any atom is 0.387 e. The Kier molecular flexibility index (Phi) is 4.84. The number of hydrogen-bond acceptors (Lipinski definition) is 4. The predicted octanol–water partition coefficient (Wildman–Crippen LogP) is 3.58. The molecule has 0 saturated heterocycles. The van der Waals surface area contributed by atoms with E-state index in [2.05, 4.69) is 21.0 Å². The molecule has 2 N–H and O–H groups in total. The number of alkyl halides is 2. The highest BCUT2D eigenvalue weighted by Gasteiger charge is 2.39. The van der Waals surface area contributed by atoms with E-state index in [1.807, 2.05) is 0 Å². The number of H-pyrrole nitrogens is 2. The zero-order valence-electron chi connectivity index (χ0n) is 15.3. The van der Waals surface area contributed by atoms with Crippen LogP contribution in [-0.2, 0) is 18.3 Å². The van der Waals surface area contributed by atoms with Crippen molar-refractivity contribution in [2.45, 2.75) is 63.1 Å². The van der Waals surface area contributed by atoms with Crippen LogP contribution in [0.2, 0.25) is 0 Å². The molecule has 1 saturated carbocycles. The largest absolute Gasteiger partial charge is 0.487 e. The van der Waals surface area contributed by atoms with Gasteiger partial charge in [-0.15, -0.1) is 0 Å². The Hall–Kier alpha value is -2.82. The van der Waals surface area contributed by atoms with E-state index in [1.165, 1.54) is 6.07 Å². The van der Waals surface area contributed by atoms with Crippen molar-refractivity contribution in [2.75, 3.05) is 0 Å². The molecule has 0 amide bonds. The molecule has 2 aromatic rings. The molecule has 1 heterocycles. The van der Waals surface area contributed by atoms with Crippen LogP contribution >= 0.6 is 0 Å². The van der Waals surface area contributed by atoms with E-state index in [1.54, 1.807) is 12.1 Å².